The van der Waals surface area contributed by atoms with E-state index >= 15 is 0 Å². The summed E-state index contributed by atoms with van der Waals surface area (Å²) in [5, 5.41) is 8.58. The molecule has 0 aliphatic rings. The second-order valence-electron chi connectivity index (χ2n) is 10.8. The van der Waals surface area contributed by atoms with Crippen LogP contribution in [0.4, 0.5) is 0 Å². The summed E-state index contributed by atoms with van der Waals surface area (Å²) in [6, 6.07) is 6.98. The molecule has 0 aliphatic heterocycles. The van der Waals surface area contributed by atoms with Crippen molar-refractivity contribution in [2.24, 2.45) is 0 Å². The molecule has 0 saturated carbocycles. The van der Waals surface area contributed by atoms with Crippen molar-refractivity contribution in [1.82, 2.24) is 0 Å². The first-order valence-electron chi connectivity index (χ1n) is 17.3. The second kappa shape index (κ2) is 33.3. The number of aliphatic hydroxyl groups excluding tert-OH is 1. The lowest BCUT2D eigenvalue weighted by molar-refractivity contribution is -0.0242. The zero-order valence-corrected chi connectivity index (χ0v) is 29.6. The fourth-order valence-electron chi connectivity index (χ4n) is 4.26. The van der Waals surface area contributed by atoms with Gasteiger partial charge in [0, 0.05) is 0 Å². The van der Waals surface area contributed by atoms with Crippen molar-refractivity contribution < 1.29 is 55.6 Å². The van der Waals surface area contributed by atoms with Crippen LogP contribution in [0.25, 0.3) is 0 Å². The van der Waals surface area contributed by atoms with Gasteiger partial charge in [-0.3, -0.25) is 4.18 Å². The lowest BCUT2D eigenvalue weighted by atomic mass is 10.0. The van der Waals surface area contributed by atoms with Crippen molar-refractivity contribution in [3.63, 3.8) is 0 Å². The van der Waals surface area contributed by atoms with Gasteiger partial charge in [0.05, 0.1) is 124 Å². The van der Waals surface area contributed by atoms with Gasteiger partial charge in [-0.05, 0) is 30.5 Å². The van der Waals surface area contributed by atoms with E-state index in [-0.39, 0.29) is 24.7 Å². The molecule has 276 valence electrons. The van der Waals surface area contributed by atoms with E-state index in [1.807, 2.05) is 12.1 Å². The summed E-state index contributed by atoms with van der Waals surface area (Å²) in [7, 11) is -3.81. The van der Waals surface area contributed by atoms with Gasteiger partial charge >= 0.3 is 0 Å². The van der Waals surface area contributed by atoms with Crippen LogP contribution in [0, 0.1) is 0 Å². The highest BCUT2D eigenvalue weighted by Gasteiger charge is 2.14. The van der Waals surface area contributed by atoms with E-state index in [1.165, 1.54) is 44.9 Å². The normalized spacial score (nSPS) is 11.9. The van der Waals surface area contributed by atoms with E-state index in [0.717, 1.165) is 18.4 Å². The number of aliphatic hydroxyl groups is 1. The number of rotatable bonds is 37. The summed E-state index contributed by atoms with van der Waals surface area (Å²) in [5.41, 5.74) is 1.15. The smallest absolute Gasteiger partial charge is 0.297 e. The molecule has 12 nitrogen and oxygen atoms in total. The first-order valence-corrected chi connectivity index (χ1v) is 18.7. The molecule has 0 aliphatic carbocycles. The molecule has 0 aromatic heterocycles. The molecule has 0 heterocycles. The van der Waals surface area contributed by atoms with Crippen LogP contribution < -0.4 is 0 Å². The molecule has 0 unspecified atom stereocenters. The minimum atomic E-state index is -3.81. The second-order valence-corrected chi connectivity index (χ2v) is 12.4. The molecule has 47 heavy (non-hydrogen) atoms. The standard InChI is InChI=1S/C34H62O12S/c1-2-3-4-5-6-7-8-9-10-33-11-13-34(14-12-33)47(36,37)46-32-31-45-30-29-44-28-27-43-26-25-42-24-23-41-22-21-40-20-19-39-18-17-38-16-15-35/h11-14,35H,2-10,15-32H2,1H3. The third-order valence-electron chi connectivity index (χ3n) is 6.84. The molecule has 0 spiro atoms. The van der Waals surface area contributed by atoms with Gasteiger partial charge in [0.2, 0.25) is 0 Å². The number of unbranched alkanes of at least 4 members (excludes halogenated alkanes) is 7. The number of hydrogen-bond donors (Lipinski definition) is 1. The molecule has 1 aromatic rings. The Hall–Kier alpha value is -1.23. The Morgan fingerprint density at radius 3 is 1.19 bits per heavy atom. The van der Waals surface area contributed by atoms with E-state index in [1.54, 1.807) is 12.1 Å². The Kier molecular flexibility index (Phi) is 31.0. The first kappa shape index (κ1) is 43.8. The minimum Gasteiger partial charge on any atom is -0.394 e. The van der Waals surface area contributed by atoms with Crippen LogP contribution in [0.5, 0.6) is 0 Å². The third-order valence-corrected chi connectivity index (χ3v) is 8.16. The monoisotopic (exact) mass is 694 g/mol. The summed E-state index contributed by atoms with van der Waals surface area (Å²) in [6.07, 6.45) is 11.1. The average molecular weight is 695 g/mol. The van der Waals surface area contributed by atoms with E-state index in [4.69, 9.17) is 47.2 Å². The topological polar surface area (TPSA) is 137 Å². The maximum absolute atomic E-state index is 12.4. The SMILES string of the molecule is CCCCCCCCCCc1ccc(S(=O)(=O)OCCOCCOCCOCCOCCOCCOCCOCCOCCO)cc1. The summed E-state index contributed by atoms with van der Waals surface area (Å²) >= 11 is 0. The molecular weight excluding hydrogens is 632 g/mol. The minimum absolute atomic E-state index is 0.0177. The predicted octanol–water partition coefficient (Wildman–Crippen LogP) is 4.20. The van der Waals surface area contributed by atoms with Crippen LogP contribution in [0.1, 0.15) is 63.9 Å². The Morgan fingerprint density at radius 2 is 0.809 bits per heavy atom. The van der Waals surface area contributed by atoms with Crippen molar-refractivity contribution in [3.8, 4) is 0 Å². The maximum Gasteiger partial charge on any atom is 0.297 e. The van der Waals surface area contributed by atoms with Crippen molar-refractivity contribution in [1.29, 1.82) is 0 Å². The quantitative estimate of drug-likeness (QED) is 0.0790. The lowest BCUT2D eigenvalue weighted by Gasteiger charge is -2.09. The molecule has 0 amide bonds. The number of aryl methyl sites for hydroxylation is 1. The number of ether oxygens (including phenoxy) is 8. The van der Waals surface area contributed by atoms with E-state index in [2.05, 4.69) is 6.92 Å². The Bertz CT molecular complexity index is 886. The van der Waals surface area contributed by atoms with Crippen LogP contribution in [0.3, 0.4) is 0 Å². The largest absolute Gasteiger partial charge is 0.394 e. The Labute approximate surface area is 283 Å². The summed E-state index contributed by atoms with van der Waals surface area (Å²) in [6.45, 7) is 9.04. The van der Waals surface area contributed by atoms with Gasteiger partial charge in [-0.25, -0.2) is 0 Å². The molecule has 1 aromatic carbocycles. The van der Waals surface area contributed by atoms with Crippen LogP contribution in [-0.2, 0) is 58.6 Å². The Morgan fingerprint density at radius 1 is 0.468 bits per heavy atom. The predicted molar refractivity (Wildman–Crippen MR) is 180 cm³/mol. The summed E-state index contributed by atoms with van der Waals surface area (Å²) in [4.78, 5) is 0.164. The molecule has 0 saturated heterocycles. The van der Waals surface area contributed by atoms with Gasteiger partial charge in [0.1, 0.15) is 0 Å². The summed E-state index contributed by atoms with van der Waals surface area (Å²) < 4.78 is 73.0. The number of hydrogen-bond acceptors (Lipinski definition) is 12. The fraction of sp³-hybridized carbons (Fsp3) is 0.824. The highest BCUT2D eigenvalue weighted by Crippen LogP contribution is 2.16. The fourth-order valence-corrected chi connectivity index (χ4v) is 5.16. The van der Waals surface area contributed by atoms with E-state index < -0.39 is 10.1 Å². The molecule has 13 heteroatoms. The average Bonchev–Trinajstić information content (AvgIpc) is 3.07. The summed E-state index contributed by atoms with van der Waals surface area (Å²) in [5.74, 6) is 0. The van der Waals surface area contributed by atoms with Crippen LogP contribution in [0.15, 0.2) is 29.2 Å². The van der Waals surface area contributed by atoms with E-state index in [9.17, 15) is 8.42 Å². The zero-order chi connectivity index (χ0) is 33.9. The van der Waals surface area contributed by atoms with Gasteiger partial charge in [-0.15, -0.1) is 0 Å². The van der Waals surface area contributed by atoms with Crippen molar-refractivity contribution in [2.75, 3.05) is 119 Å². The highest BCUT2D eigenvalue weighted by molar-refractivity contribution is 7.86. The van der Waals surface area contributed by atoms with Crippen molar-refractivity contribution in [2.45, 2.75) is 69.6 Å². The molecule has 0 bridgehead atoms. The van der Waals surface area contributed by atoms with Gasteiger partial charge in [-0.2, -0.15) is 8.42 Å². The van der Waals surface area contributed by atoms with E-state index in [0.29, 0.717) is 99.1 Å². The maximum atomic E-state index is 12.4. The molecule has 0 atom stereocenters. The first-order chi connectivity index (χ1) is 23.1. The van der Waals surface area contributed by atoms with Crippen molar-refractivity contribution in [3.05, 3.63) is 29.8 Å². The van der Waals surface area contributed by atoms with Gasteiger partial charge in [0.25, 0.3) is 10.1 Å². The van der Waals surface area contributed by atoms with Gasteiger partial charge < -0.3 is 43.0 Å². The Balaban J connectivity index is 1.84. The van der Waals surface area contributed by atoms with Crippen LogP contribution in [0.2, 0.25) is 0 Å². The van der Waals surface area contributed by atoms with Gasteiger partial charge in [0.15, 0.2) is 0 Å². The molecule has 1 N–H and O–H groups in total. The van der Waals surface area contributed by atoms with Crippen LogP contribution >= 0.6 is 0 Å². The zero-order valence-electron chi connectivity index (χ0n) is 28.7. The molecular formula is C34H62O12S. The van der Waals surface area contributed by atoms with Crippen LogP contribution in [-0.4, -0.2) is 132 Å². The molecule has 1 rings (SSSR count). The molecule has 0 fully saturated rings. The van der Waals surface area contributed by atoms with Gasteiger partial charge in [-0.1, -0.05) is 64.0 Å². The number of benzene rings is 1. The lowest BCUT2D eigenvalue weighted by Crippen LogP contribution is -2.15. The highest BCUT2D eigenvalue weighted by atomic mass is 32.2. The van der Waals surface area contributed by atoms with Crippen molar-refractivity contribution >= 4 is 10.1 Å². The molecule has 0 radical (unpaired) electrons. The third kappa shape index (κ3) is 28.3.